The van der Waals surface area contributed by atoms with Gasteiger partial charge in [0.2, 0.25) is 0 Å². The summed E-state index contributed by atoms with van der Waals surface area (Å²) >= 11 is 0. The SMILES string of the molecule is CCCCCCCCCCCCCCC[SiH3]. The molecule has 0 aromatic rings. The first kappa shape index (κ1) is 16.2. The summed E-state index contributed by atoms with van der Waals surface area (Å²) in [4.78, 5) is 0. The normalized spacial score (nSPS) is 11.1. The molecule has 16 heavy (non-hydrogen) atoms. The second-order valence-electron chi connectivity index (χ2n) is 5.24. The van der Waals surface area contributed by atoms with E-state index in [2.05, 4.69) is 6.92 Å². The van der Waals surface area contributed by atoms with Crippen LogP contribution in [0.15, 0.2) is 0 Å². The predicted octanol–water partition coefficient (Wildman–Crippen LogP) is 4.86. The van der Waals surface area contributed by atoms with E-state index in [0.717, 1.165) is 0 Å². The third-order valence-corrected chi connectivity index (χ3v) is 4.16. The first-order valence-corrected chi connectivity index (χ1v) is 9.33. The van der Waals surface area contributed by atoms with Gasteiger partial charge in [-0.25, -0.2) is 0 Å². The number of rotatable bonds is 13. The number of unbranched alkanes of at least 4 members (excludes halogenated alkanes) is 12. The van der Waals surface area contributed by atoms with Crippen LogP contribution in [0, 0.1) is 0 Å². The van der Waals surface area contributed by atoms with Crippen LogP contribution in [-0.4, -0.2) is 10.2 Å². The van der Waals surface area contributed by atoms with E-state index in [-0.39, 0.29) is 0 Å². The lowest BCUT2D eigenvalue weighted by molar-refractivity contribution is 0.542. The molecule has 0 spiro atoms. The molecule has 0 aromatic heterocycles. The van der Waals surface area contributed by atoms with Gasteiger partial charge in [0, 0.05) is 10.2 Å². The van der Waals surface area contributed by atoms with Gasteiger partial charge in [-0.2, -0.15) is 0 Å². The van der Waals surface area contributed by atoms with Crippen molar-refractivity contribution >= 4 is 10.2 Å². The highest BCUT2D eigenvalue weighted by atomic mass is 28.1. The van der Waals surface area contributed by atoms with Crippen molar-refractivity contribution in [3.8, 4) is 0 Å². The molecule has 0 nitrogen and oxygen atoms in total. The summed E-state index contributed by atoms with van der Waals surface area (Å²) in [6.07, 6.45) is 19.2. The van der Waals surface area contributed by atoms with Crippen molar-refractivity contribution in [1.82, 2.24) is 0 Å². The molecule has 0 fully saturated rings. The summed E-state index contributed by atoms with van der Waals surface area (Å²) in [5.74, 6) is 0. The van der Waals surface area contributed by atoms with E-state index >= 15 is 0 Å². The predicted molar refractivity (Wildman–Crippen MR) is 80.4 cm³/mol. The molecule has 0 bridgehead atoms. The molecule has 0 aliphatic carbocycles. The summed E-state index contributed by atoms with van der Waals surface area (Å²) in [5.41, 5.74) is 0. The Kier molecular flexibility index (Phi) is 15.4. The Hall–Kier alpha value is 0.217. The van der Waals surface area contributed by atoms with E-state index in [4.69, 9.17) is 0 Å². The van der Waals surface area contributed by atoms with Crippen LogP contribution in [0.3, 0.4) is 0 Å². The number of hydrogen-bond donors (Lipinski definition) is 0. The second kappa shape index (κ2) is 15.2. The van der Waals surface area contributed by atoms with Gasteiger partial charge in [0.05, 0.1) is 0 Å². The zero-order valence-corrected chi connectivity index (χ0v) is 13.9. The van der Waals surface area contributed by atoms with Gasteiger partial charge in [0.25, 0.3) is 0 Å². The maximum absolute atomic E-state index is 2.29. The van der Waals surface area contributed by atoms with E-state index in [1.807, 2.05) is 0 Å². The van der Waals surface area contributed by atoms with Gasteiger partial charge < -0.3 is 0 Å². The molecule has 0 aliphatic rings. The smallest absolute Gasteiger partial charge is 0.00279 e. The van der Waals surface area contributed by atoms with Crippen LogP contribution in [-0.2, 0) is 0 Å². The summed E-state index contributed by atoms with van der Waals surface area (Å²) in [6.45, 7) is 2.29. The minimum atomic E-state index is 1.38. The fourth-order valence-corrected chi connectivity index (χ4v) is 2.77. The van der Waals surface area contributed by atoms with Crippen LogP contribution in [0.4, 0.5) is 0 Å². The monoisotopic (exact) mass is 242 g/mol. The van der Waals surface area contributed by atoms with E-state index in [9.17, 15) is 0 Å². The standard InChI is InChI=1S/C15H34Si/c1-2-3-4-5-6-7-8-9-10-11-12-13-14-15-16/h2-15H2,1,16H3. The molecule has 0 heterocycles. The van der Waals surface area contributed by atoms with Crippen molar-refractivity contribution in [3.63, 3.8) is 0 Å². The number of hydrogen-bond acceptors (Lipinski definition) is 0. The molecule has 0 radical (unpaired) electrons. The molecule has 0 rings (SSSR count). The molecule has 0 unspecified atom stereocenters. The Morgan fingerprint density at radius 2 is 0.812 bits per heavy atom. The molecule has 0 saturated heterocycles. The summed E-state index contributed by atoms with van der Waals surface area (Å²) in [5, 5.41) is 0. The Bertz CT molecular complexity index is 98.0. The minimum absolute atomic E-state index is 1.38. The molecule has 0 aliphatic heterocycles. The van der Waals surface area contributed by atoms with Crippen LogP contribution in [0.2, 0.25) is 6.04 Å². The molecule has 0 aromatic carbocycles. The quantitative estimate of drug-likeness (QED) is 0.319. The topological polar surface area (TPSA) is 0 Å². The van der Waals surface area contributed by atoms with Crippen LogP contribution < -0.4 is 0 Å². The summed E-state index contributed by atoms with van der Waals surface area (Å²) in [6, 6.07) is 1.51. The van der Waals surface area contributed by atoms with E-state index in [1.165, 1.54) is 99.8 Å². The molecular weight excluding hydrogens is 208 g/mol. The van der Waals surface area contributed by atoms with E-state index in [1.54, 1.807) is 0 Å². The fraction of sp³-hybridized carbons (Fsp3) is 1.00. The average Bonchev–Trinajstić information content (AvgIpc) is 2.31. The third-order valence-electron chi connectivity index (χ3n) is 3.46. The largest absolute Gasteiger partial charge is 0.0658 e. The van der Waals surface area contributed by atoms with Gasteiger partial charge in [-0.3, -0.25) is 0 Å². The zero-order valence-electron chi connectivity index (χ0n) is 11.9. The summed E-state index contributed by atoms with van der Waals surface area (Å²) < 4.78 is 0. The second-order valence-corrected chi connectivity index (χ2v) is 6.24. The van der Waals surface area contributed by atoms with Crippen molar-refractivity contribution in [2.24, 2.45) is 0 Å². The summed E-state index contributed by atoms with van der Waals surface area (Å²) in [7, 11) is 1.41. The average molecular weight is 243 g/mol. The van der Waals surface area contributed by atoms with Gasteiger partial charge >= 0.3 is 0 Å². The van der Waals surface area contributed by atoms with Gasteiger partial charge in [-0.15, -0.1) is 0 Å². The van der Waals surface area contributed by atoms with Gasteiger partial charge in [0.15, 0.2) is 0 Å². The Morgan fingerprint density at radius 1 is 0.500 bits per heavy atom. The maximum atomic E-state index is 2.29. The van der Waals surface area contributed by atoms with Crippen LogP contribution >= 0.6 is 0 Å². The Morgan fingerprint density at radius 3 is 1.12 bits per heavy atom. The molecular formula is C15H34Si. The van der Waals surface area contributed by atoms with E-state index < -0.39 is 0 Å². The maximum Gasteiger partial charge on any atom is 0.00279 e. The van der Waals surface area contributed by atoms with Gasteiger partial charge in [-0.1, -0.05) is 96.4 Å². The third kappa shape index (κ3) is 14.2. The lowest BCUT2D eigenvalue weighted by Crippen LogP contribution is -1.82. The molecule has 1 heteroatoms. The van der Waals surface area contributed by atoms with Crippen molar-refractivity contribution in [2.45, 2.75) is 96.4 Å². The van der Waals surface area contributed by atoms with Gasteiger partial charge in [0.1, 0.15) is 0 Å². The van der Waals surface area contributed by atoms with E-state index in [0.29, 0.717) is 0 Å². The lowest BCUT2D eigenvalue weighted by atomic mass is 10.1. The molecule has 0 N–H and O–H groups in total. The van der Waals surface area contributed by atoms with Crippen molar-refractivity contribution in [3.05, 3.63) is 0 Å². The van der Waals surface area contributed by atoms with Crippen LogP contribution in [0.5, 0.6) is 0 Å². The molecule has 0 amide bonds. The highest BCUT2D eigenvalue weighted by Crippen LogP contribution is 2.12. The fourth-order valence-electron chi connectivity index (χ4n) is 2.27. The Labute approximate surface area is 107 Å². The molecule has 98 valence electrons. The highest BCUT2D eigenvalue weighted by Gasteiger charge is 1.92. The first-order valence-electron chi connectivity index (χ1n) is 7.91. The Balaban J connectivity index is 2.83. The van der Waals surface area contributed by atoms with Crippen molar-refractivity contribution in [1.29, 1.82) is 0 Å². The minimum Gasteiger partial charge on any atom is -0.0658 e. The van der Waals surface area contributed by atoms with Gasteiger partial charge in [-0.05, 0) is 0 Å². The lowest BCUT2D eigenvalue weighted by Gasteiger charge is -2.02. The molecule has 0 atom stereocenters. The molecule has 0 saturated carbocycles. The van der Waals surface area contributed by atoms with Crippen LogP contribution in [0.25, 0.3) is 0 Å². The highest BCUT2D eigenvalue weighted by molar-refractivity contribution is 6.08. The van der Waals surface area contributed by atoms with Crippen molar-refractivity contribution < 1.29 is 0 Å². The zero-order chi connectivity index (χ0) is 11.9. The van der Waals surface area contributed by atoms with Crippen LogP contribution in [0.1, 0.15) is 90.4 Å². The first-order chi connectivity index (χ1) is 7.91. The van der Waals surface area contributed by atoms with Crippen molar-refractivity contribution in [2.75, 3.05) is 0 Å².